The summed E-state index contributed by atoms with van der Waals surface area (Å²) in [4.78, 5) is 12.0. The molecule has 3 heteroatoms. The molecular formula is C14H25NO2. The van der Waals surface area contributed by atoms with Crippen molar-refractivity contribution in [1.29, 1.82) is 0 Å². The Morgan fingerprint density at radius 1 is 1.12 bits per heavy atom. The first-order valence-electron chi connectivity index (χ1n) is 7.14. The Morgan fingerprint density at radius 2 is 1.82 bits per heavy atom. The van der Waals surface area contributed by atoms with E-state index in [9.17, 15) is 4.79 Å². The van der Waals surface area contributed by atoms with Gasteiger partial charge in [0.1, 0.15) is 0 Å². The number of methoxy groups -OCH3 is 1. The first-order chi connectivity index (χ1) is 8.33. The average Bonchev–Trinajstić information content (AvgIpc) is 2.41. The quantitative estimate of drug-likeness (QED) is 0.769. The third-order valence-corrected chi connectivity index (χ3v) is 4.41. The van der Waals surface area contributed by atoms with E-state index in [0.29, 0.717) is 12.0 Å². The van der Waals surface area contributed by atoms with Gasteiger partial charge in [-0.25, -0.2) is 0 Å². The number of hydrogen-bond donors (Lipinski definition) is 1. The number of rotatable bonds is 3. The second-order valence-corrected chi connectivity index (χ2v) is 5.50. The van der Waals surface area contributed by atoms with Gasteiger partial charge in [0.05, 0.1) is 13.0 Å². The summed E-state index contributed by atoms with van der Waals surface area (Å²) in [7, 11) is 1.53. The summed E-state index contributed by atoms with van der Waals surface area (Å²) in [6.07, 6.45) is 9.94. The fourth-order valence-electron chi connectivity index (χ4n) is 3.50. The van der Waals surface area contributed by atoms with Gasteiger partial charge in [-0.05, 0) is 38.1 Å². The van der Waals surface area contributed by atoms with Crippen molar-refractivity contribution < 1.29 is 9.53 Å². The molecule has 0 aromatic heterocycles. The summed E-state index contributed by atoms with van der Waals surface area (Å²) in [5.74, 6) is 0.656. The third kappa shape index (κ3) is 3.21. The van der Waals surface area contributed by atoms with Crippen LogP contribution in [0.5, 0.6) is 0 Å². The van der Waals surface area contributed by atoms with Gasteiger partial charge in [-0.2, -0.15) is 0 Å². The highest BCUT2D eigenvalue weighted by Gasteiger charge is 2.37. The molecule has 0 bridgehead atoms. The number of ether oxygens (including phenoxy) is 1. The molecule has 0 amide bonds. The van der Waals surface area contributed by atoms with Gasteiger partial charge in [0.25, 0.3) is 0 Å². The number of hydrogen-bond acceptors (Lipinski definition) is 3. The minimum atomic E-state index is 0.0105. The van der Waals surface area contributed by atoms with Crippen LogP contribution in [0, 0.1) is 11.8 Å². The van der Waals surface area contributed by atoms with E-state index in [1.165, 1.54) is 52.1 Å². The zero-order valence-electron chi connectivity index (χ0n) is 10.9. The molecule has 0 spiro atoms. The van der Waals surface area contributed by atoms with Gasteiger partial charge in [0.15, 0.2) is 0 Å². The van der Waals surface area contributed by atoms with Gasteiger partial charge >= 0.3 is 5.97 Å². The van der Waals surface area contributed by atoms with Gasteiger partial charge in [-0.15, -0.1) is 0 Å². The highest BCUT2D eigenvalue weighted by Crippen LogP contribution is 2.34. The van der Waals surface area contributed by atoms with Crippen molar-refractivity contribution in [3.8, 4) is 0 Å². The SMILES string of the molecule is COC(=O)C(C1CCCCC1)C1CCCCN1. The van der Waals surface area contributed by atoms with E-state index in [2.05, 4.69) is 5.32 Å². The maximum atomic E-state index is 12.0. The van der Waals surface area contributed by atoms with Crippen LogP contribution in [0.25, 0.3) is 0 Å². The molecule has 0 radical (unpaired) electrons. The van der Waals surface area contributed by atoms with Crippen molar-refractivity contribution in [2.24, 2.45) is 11.8 Å². The fraction of sp³-hybridized carbons (Fsp3) is 0.929. The molecule has 1 saturated heterocycles. The molecule has 0 aromatic carbocycles. The first kappa shape index (κ1) is 12.9. The molecule has 1 N–H and O–H groups in total. The summed E-state index contributed by atoms with van der Waals surface area (Å²) in [5, 5.41) is 3.53. The van der Waals surface area contributed by atoms with Gasteiger partial charge < -0.3 is 10.1 Å². The minimum absolute atomic E-state index is 0.0105. The van der Waals surface area contributed by atoms with E-state index < -0.39 is 0 Å². The lowest BCUT2D eigenvalue weighted by Gasteiger charge is -2.36. The standard InChI is InChI=1S/C14H25NO2/c1-17-14(16)13(11-7-3-2-4-8-11)12-9-5-6-10-15-12/h11-13,15H,2-10H2,1H3. The topological polar surface area (TPSA) is 38.3 Å². The van der Waals surface area contributed by atoms with Crippen LogP contribution in [0.4, 0.5) is 0 Å². The number of carbonyl (C=O) groups is 1. The summed E-state index contributed by atoms with van der Waals surface area (Å²) >= 11 is 0. The number of carbonyl (C=O) groups excluding carboxylic acids is 1. The highest BCUT2D eigenvalue weighted by molar-refractivity contribution is 5.73. The molecule has 2 unspecified atom stereocenters. The predicted molar refractivity (Wildman–Crippen MR) is 67.7 cm³/mol. The van der Waals surface area contributed by atoms with Crippen LogP contribution < -0.4 is 5.32 Å². The van der Waals surface area contributed by atoms with Crippen molar-refractivity contribution in [2.45, 2.75) is 57.4 Å². The van der Waals surface area contributed by atoms with E-state index in [1.54, 1.807) is 0 Å². The lowest BCUT2D eigenvalue weighted by molar-refractivity contribution is -0.149. The van der Waals surface area contributed by atoms with Crippen LogP contribution in [0.2, 0.25) is 0 Å². The molecule has 2 fully saturated rings. The van der Waals surface area contributed by atoms with Crippen molar-refractivity contribution in [3.63, 3.8) is 0 Å². The highest BCUT2D eigenvalue weighted by atomic mass is 16.5. The molecule has 2 atom stereocenters. The van der Waals surface area contributed by atoms with Crippen molar-refractivity contribution >= 4 is 5.97 Å². The minimum Gasteiger partial charge on any atom is -0.469 e. The Morgan fingerprint density at radius 3 is 2.41 bits per heavy atom. The molecule has 17 heavy (non-hydrogen) atoms. The van der Waals surface area contributed by atoms with Gasteiger partial charge in [0, 0.05) is 6.04 Å². The van der Waals surface area contributed by atoms with Gasteiger partial charge in [-0.3, -0.25) is 4.79 Å². The predicted octanol–water partition coefficient (Wildman–Crippen LogP) is 2.50. The average molecular weight is 239 g/mol. The van der Waals surface area contributed by atoms with Crippen LogP contribution in [-0.4, -0.2) is 25.7 Å². The van der Waals surface area contributed by atoms with Crippen LogP contribution in [0.3, 0.4) is 0 Å². The van der Waals surface area contributed by atoms with E-state index in [-0.39, 0.29) is 11.9 Å². The zero-order chi connectivity index (χ0) is 12.1. The maximum absolute atomic E-state index is 12.0. The summed E-state index contributed by atoms with van der Waals surface area (Å²) in [5.41, 5.74) is 0. The van der Waals surface area contributed by atoms with E-state index in [1.807, 2.05) is 0 Å². The number of nitrogens with one attached hydrogen (secondary N) is 1. The lowest BCUT2D eigenvalue weighted by Crippen LogP contribution is -2.47. The Labute approximate surface area is 104 Å². The first-order valence-corrected chi connectivity index (χ1v) is 7.14. The molecule has 1 aliphatic heterocycles. The van der Waals surface area contributed by atoms with Crippen LogP contribution in [0.1, 0.15) is 51.4 Å². The molecule has 0 aromatic rings. The van der Waals surface area contributed by atoms with Crippen molar-refractivity contribution in [1.82, 2.24) is 5.32 Å². The second-order valence-electron chi connectivity index (χ2n) is 5.50. The third-order valence-electron chi connectivity index (χ3n) is 4.41. The molecule has 1 heterocycles. The Kier molecular flexibility index (Phi) is 4.84. The summed E-state index contributed by atoms with van der Waals surface area (Å²) in [6, 6.07) is 0.360. The van der Waals surface area contributed by atoms with E-state index in [4.69, 9.17) is 4.74 Å². The van der Waals surface area contributed by atoms with Gasteiger partial charge in [-0.1, -0.05) is 25.7 Å². The summed E-state index contributed by atoms with van der Waals surface area (Å²) in [6.45, 7) is 1.06. The molecule has 2 aliphatic rings. The Balaban J connectivity index is 2.02. The molecule has 1 saturated carbocycles. The van der Waals surface area contributed by atoms with Crippen LogP contribution in [0.15, 0.2) is 0 Å². The molecule has 2 rings (SSSR count). The van der Waals surface area contributed by atoms with Crippen molar-refractivity contribution in [2.75, 3.05) is 13.7 Å². The molecule has 1 aliphatic carbocycles. The monoisotopic (exact) mass is 239 g/mol. The lowest BCUT2D eigenvalue weighted by atomic mass is 9.75. The van der Waals surface area contributed by atoms with E-state index >= 15 is 0 Å². The van der Waals surface area contributed by atoms with Crippen molar-refractivity contribution in [3.05, 3.63) is 0 Å². The maximum Gasteiger partial charge on any atom is 0.310 e. The normalized spacial score (nSPS) is 28.6. The number of piperidine rings is 1. The smallest absolute Gasteiger partial charge is 0.310 e. The Bertz CT molecular complexity index is 225. The molecule has 98 valence electrons. The largest absolute Gasteiger partial charge is 0.469 e. The zero-order valence-corrected chi connectivity index (χ0v) is 10.9. The van der Waals surface area contributed by atoms with Gasteiger partial charge in [0.2, 0.25) is 0 Å². The second kappa shape index (κ2) is 6.39. The Hall–Kier alpha value is -0.570. The van der Waals surface area contributed by atoms with Crippen LogP contribution >= 0.6 is 0 Å². The van der Waals surface area contributed by atoms with Crippen LogP contribution in [-0.2, 0) is 9.53 Å². The van der Waals surface area contributed by atoms with E-state index in [0.717, 1.165) is 13.0 Å². The number of esters is 1. The summed E-state index contributed by atoms with van der Waals surface area (Å²) < 4.78 is 5.04. The molecular weight excluding hydrogens is 214 g/mol. The fourth-order valence-corrected chi connectivity index (χ4v) is 3.50. The molecule has 3 nitrogen and oxygen atoms in total.